The van der Waals surface area contributed by atoms with Gasteiger partial charge in [0.1, 0.15) is 4.90 Å². The molecule has 0 unspecified atom stereocenters. The zero-order valence-electron chi connectivity index (χ0n) is 18.0. The summed E-state index contributed by atoms with van der Waals surface area (Å²) in [6, 6.07) is 12.3. The van der Waals surface area contributed by atoms with E-state index < -0.39 is 25.8 Å². The van der Waals surface area contributed by atoms with Crippen molar-refractivity contribution in [2.75, 3.05) is 24.7 Å². The second kappa shape index (κ2) is 9.45. The number of aromatic nitrogens is 2. The monoisotopic (exact) mass is 524 g/mol. The lowest BCUT2D eigenvalue weighted by Crippen LogP contribution is -2.41. The number of sulfone groups is 1. The van der Waals surface area contributed by atoms with Crippen molar-refractivity contribution in [2.24, 2.45) is 5.92 Å². The predicted octanol–water partition coefficient (Wildman–Crippen LogP) is 2.83. The molecule has 13 heteroatoms. The number of nitrogens with one attached hydrogen (secondary N) is 1. The van der Waals surface area contributed by atoms with E-state index in [1.165, 1.54) is 28.6 Å². The Balaban J connectivity index is 1.42. The van der Waals surface area contributed by atoms with Crippen LogP contribution in [0.1, 0.15) is 12.8 Å². The molecule has 0 spiro atoms. The van der Waals surface area contributed by atoms with E-state index in [4.69, 9.17) is 16.0 Å². The molecule has 2 heterocycles. The fraction of sp³-hybridized carbons (Fsp3) is 0.286. The molecule has 10 nitrogen and oxygen atoms in total. The Morgan fingerprint density at radius 3 is 2.26 bits per heavy atom. The average Bonchev–Trinajstić information content (AvgIpc) is 3.27. The summed E-state index contributed by atoms with van der Waals surface area (Å²) in [4.78, 5) is 12.2. The van der Waals surface area contributed by atoms with Crippen LogP contribution < -0.4 is 5.32 Å². The molecule has 0 saturated carbocycles. The van der Waals surface area contributed by atoms with Gasteiger partial charge >= 0.3 is 6.01 Å². The van der Waals surface area contributed by atoms with Crippen molar-refractivity contribution in [3.63, 3.8) is 0 Å². The molecule has 1 N–H and O–H groups in total. The first-order valence-electron chi connectivity index (χ1n) is 10.3. The summed E-state index contributed by atoms with van der Waals surface area (Å²) in [5.41, 5.74) is 0.532. The number of hydrogen-bond acceptors (Lipinski definition) is 8. The summed E-state index contributed by atoms with van der Waals surface area (Å²) < 4.78 is 57.0. The van der Waals surface area contributed by atoms with Crippen LogP contribution >= 0.6 is 11.6 Å². The normalized spacial score (nSPS) is 15.8. The third-order valence-electron chi connectivity index (χ3n) is 5.45. The van der Waals surface area contributed by atoms with Crippen molar-refractivity contribution in [1.82, 2.24) is 14.5 Å². The van der Waals surface area contributed by atoms with Gasteiger partial charge in [-0.2, -0.15) is 4.31 Å². The van der Waals surface area contributed by atoms with E-state index >= 15 is 0 Å². The molecule has 1 fully saturated rings. The van der Waals surface area contributed by atoms with E-state index in [0.717, 1.165) is 6.26 Å². The first kappa shape index (κ1) is 24.3. The number of hydrogen-bond donors (Lipinski definition) is 1. The molecule has 3 aromatic rings. The molecule has 0 bridgehead atoms. The number of nitrogens with zero attached hydrogens (tertiary/aromatic N) is 3. The molecular formula is C21H21ClN4O6S2. The van der Waals surface area contributed by atoms with Crippen LogP contribution in [0.15, 0.2) is 62.7 Å². The van der Waals surface area contributed by atoms with Crippen molar-refractivity contribution < 1.29 is 26.0 Å². The van der Waals surface area contributed by atoms with E-state index in [0.29, 0.717) is 10.6 Å². The van der Waals surface area contributed by atoms with Gasteiger partial charge in [-0.15, -0.1) is 5.10 Å². The first-order valence-corrected chi connectivity index (χ1v) is 14.0. The summed E-state index contributed by atoms with van der Waals surface area (Å²) in [6.07, 6.45) is 1.46. The van der Waals surface area contributed by atoms with Crippen molar-refractivity contribution in [2.45, 2.75) is 22.6 Å². The Morgan fingerprint density at radius 2 is 1.62 bits per heavy atom. The zero-order chi connectivity index (χ0) is 24.5. The highest BCUT2D eigenvalue weighted by atomic mass is 35.5. The van der Waals surface area contributed by atoms with Crippen LogP contribution in [-0.2, 0) is 24.7 Å². The summed E-state index contributed by atoms with van der Waals surface area (Å²) in [5.74, 6) is -0.693. The number of amides is 1. The first-order chi connectivity index (χ1) is 16.1. The Morgan fingerprint density at radius 1 is 1.00 bits per heavy atom. The fourth-order valence-electron chi connectivity index (χ4n) is 3.69. The lowest BCUT2D eigenvalue weighted by Gasteiger charge is -2.30. The maximum Gasteiger partial charge on any atom is 0.322 e. The van der Waals surface area contributed by atoms with Crippen LogP contribution in [0.3, 0.4) is 0 Å². The SMILES string of the molecule is CS(=O)(=O)c1ccccc1S(=O)(=O)N1CCC(C(=O)Nc2nnc(-c3ccccc3Cl)o2)CC1. The minimum absolute atomic E-state index is 0.0627. The molecule has 180 valence electrons. The number of anilines is 1. The minimum atomic E-state index is -4.05. The van der Waals surface area contributed by atoms with Crippen LogP contribution in [0.4, 0.5) is 6.01 Å². The predicted molar refractivity (Wildman–Crippen MR) is 124 cm³/mol. The Kier molecular flexibility index (Phi) is 6.76. The molecule has 1 amide bonds. The standard InChI is InChI=1S/C21H21ClN4O6S2/c1-33(28,29)17-8-4-5-9-18(17)34(30,31)26-12-10-14(11-13-26)19(27)23-21-25-24-20(32-21)15-6-2-3-7-16(15)22/h2-9,14H,10-13H2,1H3,(H,23,25,27). The number of piperidine rings is 1. The molecule has 1 aromatic heterocycles. The van der Waals surface area contributed by atoms with Gasteiger partial charge in [0.15, 0.2) is 9.84 Å². The lowest BCUT2D eigenvalue weighted by molar-refractivity contribution is -0.121. The lowest BCUT2D eigenvalue weighted by atomic mass is 9.97. The fourth-order valence-corrected chi connectivity index (χ4v) is 6.98. The van der Waals surface area contributed by atoms with Gasteiger partial charge in [-0.3, -0.25) is 10.1 Å². The van der Waals surface area contributed by atoms with Crippen molar-refractivity contribution >= 4 is 43.4 Å². The summed E-state index contributed by atoms with van der Waals surface area (Å²) in [5, 5.41) is 10.7. The second-order valence-electron chi connectivity index (χ2n) is 7.78. The number of rotatable bonds is 6. The van der Waals surface area contributed by atoms with Gasteiger partial charge in [0.25, 0.3) is 5.89 Å². The van der Waals surface area contributed by atoms with Crippen molar-refractivity contribution in [1.29, 1.82) is 0 Å². The third-order valence-corrected chi connectivity index (χ3v) is 9.02. The number of sulfonamides is 1. The largest absolute Gasteiger partial charge is 0.403 e. The van der Waals surface area contributed by atoms with Gasteiger partial charge in [0, 0.05) is 25.3 Å². The van der Waals surface area contributed by atoms with Crippen LogP contribution in [0.25, 0.3) is 11.5 Å². The van der Waals surface area contributed by atoms with Crippen LogP contribution in [-0.4, -0.2) is 56.6 Å². The smallest absolute Gasteiger partial charge is 0.322 e. The van der Waals surface area contributed by atoms with Crippen LogP contribution in [0, 0.1) is 5.92 Å². The van der Waals surface area contributed by atoms with Gasteiger partial charge in [0.05, 0.1) is 15.5 Å². The minimum Gasteiger partial charge on any atom is -0.403 e. The molecule has 0 radical (unpaired) electrons. The summed E-state index contributed by atoms with van der Waals surface area (Å²) in [6.45, 7) is 0.125. The van der Waals surface area contributed by atoms with Gasteiger partial charge in [-0.05, 0) is 37.1 Å². The van der Waals surface area contributed by atoms with E-state index in [-0.39, 0.29) is 53.5 Å². The molecular weight excluding hydrogens is 504 g/mol. The Hall–Kier alpha value is -2.80. The molecule has 0 atom stereocenters. The van der Waals surface area contributed by atoms with Gasteiger partial charge in [-0.1, -0.05) is 41.0 Å². The summed E-state index contributed by atoms with van der Waals surface area (Å²) >= 11 is 6.12. The van der Waals surface area contributed by atoms with Gasteiger partial charge < -0.3 is 4.42 Å². The number of carbonyl (C=O) groups excluding carboxylic acids is 1. The highest BCUT2D eigenvalue weighted by molar-refractivity contribution is 7.93. The third kappa shape index (κ3) is 4.99. The van der Waals surface area contributed by atoms with E-state index in [1.54, 1.807) is 24.3 Å². The van der Waals surface area contributed by atoms with E-state index in [1.807, 2.05) is 0 Å². The molecule has 2 aromatic carbocycles. The highest BCUT2D eigenvalue weighted by Gasteiger charge is 2.35. The second-order valence-corrected chi connectivity index (χ2v) is 12.1. The maximum atomic E-state index is 13.1. The number of halogens is 1. The molecule has 1 saturated heterocycles. The summed E-state index contributed by atoms with van der Waals surface area (Å²) in [7, 11) is -7.78. The Bertz CT molecular complexity index is 1430. The molecule has 4 rings (SSSR count). The van der Waals surface area contributed by atoms with Crippen molar-refractivity contribution in [3.8, 4) is 11.5 Å². The van der Waals surface area contributed by atoms with Crippen LogP contribution in [0.2, 0.25) is 5.02 Å². The zero-order valence-corrected chi connectivity index (χ0v) is 20.4. The quantitative estimate of drug-likeness (QED) is 0.519. The number of carbonyl (C=O) groups is 1. The molecule has 34 heavy (non-hydrogen) atoms. The van der Waals surface area contributed by atoms with Crippen LogP contribution in [0.5, 0.6) is 0 Å². The highest BCUT2D eigenvalue weighted by Crippen LogP contribution is 2.30. The molecule has 1 aliphatic rings. The van der Waals surface area contributed by atoms with E-state index in [2.05, 4.69) is 15.5 Å². The van der Waals surface area contributed by atoms with Gasteiger partial charge in [-0.25, -0.2) is 16.8 Å². The molecule has 1 aliphatic heterocycles. The average molecular weight is 525 g/mol. The number of benzene rings is 2. The van der Waals surface area contributed by atoms with Crippen molar-refractivity contribution in [3.05, 3.63) is 53.6 Å². The molecule has 0 aliphatic carbocycles. The Labute approximate surface area is 201 Å². The van der Waals surface area contributed by atoms with E-state index in [9.17, 15) is 21.6 Å². The van der Waals surface area contributed by atoms with Gasteiger partial charge in [0.2, 0.25) is 15.9 Å². The maximum absolute atomic E-state index is 13.1. The topological polar surface area (TPSA) is 140 Å².